The normalized spacial score (nSPS) is 17.3. The van der Waals surface area contributed by atoms with Gasteiger partial charge in [0.2, 0.25) is 5.91 Å². The molecule has 0 bridgehead atoms. The predicted molar refractivity (Wildman–Crippen MR) is 119 cm³/mol. The molecule has 1 atom stereocenters. The van der Waals surface area contributed by atoms with E-state index in [2.05, 4.69) is 23.5 Å². The first-order valence-electron chi connectivity index (χ1n) is 9.83. The fourth-order valence-corrected chi connectivity index (χ4v) is 5.01. The molecule has 0 saturated heterocycles. The maximum atomic E-state index is 13.2. The number of rotatable bonds is 2. The van der Waals surface area contributed by atoms with Crippen LogP contribution in [0.1, 0.15) is 24.4 Å². The van der Waals surface area contributed by atoms with E-state index < -0.39 is 0 Å². The number of nitrogens with zero attached hydrogens (tertiary/aromatic N) is 2. The summed E-state index contributed by atoms with van der Waals surface area (Å²) >= 11 is 1.78. The van der Waals surface area contributed by atoms with E-state index >= 15 is 0 Å². The lowest BCUT2D eigenvalue weighted by Gasteiger charge is -2.40. The van der Waals surface area contributed by atoms with Gasteiger partial charge in [-0.2, -0.15) is 0 Å². The highest BCUT2D eigenvalue weighted by Gasteiger charge is 2.35. The van der Waals surface area contributed by atoms with Crippen molar-refractivity contribution in [3.05, 3.63) is 60.6 Å². The quantitative estimate of drug-likeness (QED) is 0.645. The van der Waals surface area contributed by atoms with Gasteiger partial charge in [0.25, 0.3) is 5.91 Å². The minimum absolute atomic E-state index is 0.0413. The Bertz CT molecular complexity index is 1140. The van der Waals surface area contributed by atoms with Crippen molar-refractivity contribution in [2.24, 2.45) is 0 Å². The number of furan rings is 1. The van der Waals surface area contributed by atoms with Crippen LogP contribution in [-0.2, 0) is 4.79 Å². The Morgan fingerprint density at radius 3 is 2.67 bits per heavy atom. The van der Waals surface area contributed by atoms with E-state index in [1.54, 1.807) is 40.6 Å². The summed E-state index contributed by atoms with van der Waals surface area (Å²) in [7, 11) is 0. The number of fused-ring (bicyclic) bond motifs is 2. The lowest BCUT2D eigenvalue weighted by molar-refractivity contribution is -0.117. The van der Waals surface area contributed by atoms with Crippen LogP contribution < -0.4 is 15.1 Å². The van der Waals surface area contributed by atoms with Crippen LogP contribution in [0, 0.1) is 0 Å². The maximum Gasteiger partial charge on any atom is 0.294 e. The number of nitrogens with one attached hydrogen (secondary N) is 1. The maximum absolute atomic E-state index is 13.2. The average Bonchev–Trinajstić information content (AvgIpc) is 3.43. The molecule has 7 heteroatoms. The summed E-state index contributed by atoms with van der Waals surface area (Å²) in [5, 5.41) is 3.38. The average molecular weight is 420 g/mol. The highest BCUT2D eigenvalue weighted by atomic mass is 32.2. The summed E-state index contributed by atoms with van der Waals surface area (Å²) in [6.45, 7) is 3.91. The summed E-state index contributed by atoms with van der Waals surface area (Å²) in [5.41, 5.74) is 4.62. The van der Waals surface area contributed by atoms with Crippen LogP contribution in [0.5, 0.6) is 0 Å². The number of benzene rings is 2. The van der Waals surface area contributed by atoms with Crippen LogP contribution in [0.2, 0.25) is 0 Å². The molecule has 1 aromatic heterocycles. The van der Waals surface area contributed by atoms with Crippen molar-refractivity contribution in [2.45, 2.75) is 24.8 Å². The Morgan fingerprint density at radius 2 is 1.90 bits per heavy atom. The van der Waals surface area contributed by atoms with Crippen molar-refractivity contribution in [2.75, 3.05) is 27.5 Å². The molecule has 30 heavy (non-hydrogen) atoms. The highest BCUT2D eigenvalue weighted by molar-refractivity contribution is 7.99. The number of carbonyl (C=O) groups excluding carboxylic acids is 2. The molecule has 0 aliphatic carbocycles. The van der Waals surface area contributed by atoms with Gasteiger partial charge in [0, 0.05) is 24.1 Å². The summed E-state index contributed by atoms with van der Waals surface area (Å²) in [4.78, 5) is 30.2. The lowest BCUT2D eigenvalue weighted by atomic mass is 10.00. The van der Waals surface area contributed by atoms with E-state index in [1.165, 1.54) is 11.2 Å². The predicted octanol–water partition coefficient (Wildman–Crippen LogP) is 4.82. The van der Waals surface area contributed by atoms with E-state index in [4.69, 9.17) is 4.42 Å². The monoisotopic (exact) mass is 419 g/mol. The van der Waals surface area contributed by atoms with E-state index in [0.717, 1.165) is 28.4 Å². The number of carbonyl (C=O) groups is 2. The molecular weight excluding hydrogens is 398 g/mol. The molecule has 152 valence electrons. The smallest absolute Gasteiger partial charge is 0.294 e. The van der Waals surface area contributed by atoms with Crippen LogP contribution in [0.15, 0.2) is 64.1 Å². The zero-order valence-corrected chi connectivity index (χ0v) is 17.5. The fraction of sp³-hybridized carbons (Fsp3) is 0.217. The fourth-order valence-electron chi connectivity index (χ4n) is 4.18. The molecule has 2 aliphatic rings. The minimum atomic E-state index is -0.208. The van der Waals surface area contributed by atoms with Crippen molar-refractivity contribution in [3.63, 3.8) is 0 Å². The van der Waals surface area contributed by atoms with Crippen LogP contribution in [0.3, 0.4) is 0 Å². The highest BCUT2D eigenvalue weighted by Crippen LogP contribution is 2.41. The van der Waals surface area contributed by atoms with E-state index in [0.29, 0.717) is 12.2 Å². The minimum Gasteiger partial charge on any atom is -0.459 e. The Labute approximate surface area is 178 Å². The first kappa shape index (κ1) is 18.8. The Hall–Kier alpha value is -3.19. The van der Waals surface area contributed by atoms with Crippen molar-refractivity contribution < 1.29 is 14.0 Å². The Morgan fingerprint density at radius 1 is 1.10 bits per heavy atom. The Kier molecular flexibility index (Phi) is 4.55. The molecule has 0 unspecified atom stereocenters. The van der Waals surface area contributed by atoms with Gasteiger partial charge in [-0.1, -0.05) is 12.1 Å². The third kappa shape index (κ3) is 3.06. The zero-order valence-electron chi connectivity index (χ0n) is 16.7. The van der Waals surface area contributed by atoms with Gasteiger partial charge in [-0.25, -0.2) is 0 Å². The van der Waals surface area contributed by atoms with Crippen molar-refractivity contribution in [1.29, 1.82) is 0 Å². The number of amides is 2. The molecule has 2 aromatic carbocycles. The largest absolute Gasteiger partial charge is 0.459 e. The first-order valence-corrected chi connectivity index (χ1v) is 10.8. The SMILES string of the molecule is CC(=O)N1c2ccc(-c3ccc4c(c3)NCS4)cc2N(C(=O)c2ccco2)C[C@@H]1C. The molecule has 2 aliphatic heterocycles. The van der Waals surface area contributed by atoms with Gasteiger partial charge in [-0.3, -0.25) is 9.59 Å². The van der Waals surface area contributed by atoms with E-state index in [-0.39, 0.29) is 23.6 Å². The third-order valence-electron chi connectivity index (χ3n) is 5.53. The summed E-state index contributed by atoms with van der Waals surface area (Å²) in [6, 6.07) is 15.5. The first-order chi connectivity index (χ1) is 14.5. The second-order valence-corrected chi connectivity index (χ2v) is 8.53. The number of anilines is 3. The molecular formula is C23H21N3O3S. The van der Waals surface area contributed by atoms with Crippen molar-refractivity contribution in [3.8, 4) is 11.1 Å². The molecule has 0 saturated carbocycles. The molecule has 2 amide bonds. The van der Waals surface area contributed by atoms with Crippen LogP contribution in [-0.4, -0.2) is 30.3 Å². The number of thioether (sulfide) groups is 1. The lowest BCUT2D eigenvalue weighted by Crippen LogP contribution is -2.51. The zero-order chi connectivity index (χ0) is 20.8. The molecule has 3 heterocycles. The molecule has 0 radical (unpaired) electrons. The molecule has 6 nitrogen and oxygen atoms in total. The van der Waals surface area contributed by atoms with Gasteiger partial charge in [0.1, 0.15) is 0 Å². The second-order valence-electron chi connectivity index (χ2n) is 7.51. The van der Waals surface area contributed by atoms with Gasteiger partial charge in [0.05, 0.1) is 29.6 Å². The van der Waals surface area contributed by atoms with Gasteiger partial charge >= 0.3 is 0 Å². The van der Waals surface area contributed by atoms with Gasteiger partial charge in [0.15, 0.2) is 5.76 Å². The summed E-state index contributed by atoms with van der Waals surface area (Å²) in [6.07, 6.45) is 1.50. The van der Waals surface area contributed by atoms with E-state index in [1.807, 2.05) is 25.1 Å². The number of hydrogen-bond donors (Lipinski definition) is 1. The van der Waals surface area contributed by atoms with Crippen molar-refractivity contribution in [1.82, 2.24) is 0 Å². The van der Waals surface area contributed by atoms with Crippen LogP contribution >= 0.6 is 11.8 Å². The Balaban J connectivity index is 1.62. The standard InChI is InChI=1S/C23H21N3O3S/c1-14-12-25(23(28)21-4-3-9-29-21)20-11-17(5-7-19(20)26(14)15(2)27)16-6-8-22-18(10-16)24-13-30-22/h3-11,14,24H,12-13H2,1-2H3/t14-/m0/s1. The summed E-state index contributed by atoms with van der Waals surface area (Å²) in [5.74, 6) is 0.911. The molecule has 3 aromatic rings. The van der Waals surface area contributed by atoms with Crippen LogP contribution in [0.4, 0.5) is 17.1 Å². The molecule has 0 spiro atoms. The third-order valence-corrected chi connectivity index (χ3v) is 6.49. The van der Waals surface area contributed by atoms with Gasteiger partial charge in [-0.15, -0.1) is 11.8 Å². The molecule has 5 rings (SSSR count). The van der Waals surface area contributed by atoms with Gasteiger partial charge in [-0.05, 0) is 54.4 Å². The summed E-state index contributed by atoms with van der Waals surface area (Å²) < 4.78 is 5.36. The molecule has 0 fully saturated rings. The van der Waals surface area contributed by atoms with Crippen LogP contribution in [0.25, 0.3) is 11.1 Å². The topological polar surface area (TPSA) is 65.8 Å². The molecule has 1 N–H and O–H groups in total. The van der Waals surface area contributed by atoms with Crippen molar-refractivity contribution >= 4 is 40.6 Å². The second kappa shape index (κ2) is 7.25. The van der Waals surface area contributed by atoms with E-state index in [9.17, 15) is 9.59 Å². The number of hydrogen-bond acceptors (Lipinski definition) is 5. The van der Waals surface area contributed by atoms with Gasteiger partial charge < -0.3 is 19.5 Å².